The summed E-state index contributed by atoms with van der Waals surface area (Å²) in [6.07, 6.45) is 8.20. The number of para-hydroxylation sites is 1. The molecule has 164 valence electrons. The summed E-state index contributed by atoms with van der Waals surface area (Å²) in [7, 11) is 1.66. The molecule has 2 aliphatic heterocycles. The lowest BCUT2D eigenvalue weighted by Crippen LogP contribution is -2.43. The Balaban J connectivity index is 1.20. The van der Waals surface area contributed by atoms with E-state index in [-0.39, 0.29) is 24.0 Å². The van der Waals surface area contributed by atoms with Crippen LogP contribution >= 0.6 is 0 Å². The van der Waals surface area contributed by atoms with Gasteiger partial charge in [0.15, 0.2) is 0 Å². The fourth-order valence-electron chi connectivity index (χ4n) is 5.16. The van der Waals surface area contributed by atoms with Gasteiger partial charge in [-0.15, -0.1) is 0 Å². The second-order valence-electron chi connectivity index (χ2n) is 8.78. The highest BCUT2D eigenvalue weighted by molar-refractivity contribution is 5.83. The Labute approximate surface area is 179 Å². The maximum absolute atomic E-state index is 12.7. The molecule has 0 spiro atoms. The van der Waals surface area contributed by atoms with Gasteiger partial charge in [-0.2, -0.15) is 0 Å². The molecule has 0 N–H and O–H groups in total. The molecule has 30 heavy (non-hydrogen) atoms. The monoisotopic (exact) mass is 414 g/mol. The molecular weight excluding hydrogens is 380 g/mol. The SMILES string of the molecule is COc1ccccc1CCC(=O)N1CCC(OC2CCN(C3CCCC3)C2=O)CC1. The Hall–Kier alpha value is -2.08. The van der Waals surface area contributed by atoms with Crippen molar-refractivity contribution in [3.05, 3.63) is 29.8 Å². The van der Waals surface area contributed by atoms with Crippen molar-refractivity contribution < 1.29 is 19.1 Å². The molecule has 4 rings (SSSR count). The maximum Gasteiger partial charge on any atom is 0.252 e. The van der Waals surface area contributed by atoms with Gasteiger partial charge in [-0.1, -0.05) is 31.0 Å². The summed E-state index contributed by atoms with van der Waals surface area (Å²) in [6, 6.07) is 8.30. The average Bonchev–Trinajstić information content (AvgIpc) is 3.43. The molecule has 0 radical (unpaired) electrons. The second kappa shape index (κ2) is 9.82. The Kier molecular flexibility index (Phi) is 6.93. The van der Waals surface area contributed by atoms with E-state index in [1.54, 1.807) is 7.11 Å². The van der Waals surface area contributed by atoms with Crippen LogP contribution in [0.15, 0.2) is 24.3 Å². The number of likely N-dealkylation sites (tertiary alicyclic amines) is 2. The molecule has 1 aromatic rings. The van der Waals surface area contributed by atoms with Gasteiger partial charge in [0.05, 0.1) is 13.2 Å². The van der Waals surface area contributed by atoms with Crippen molar-refractivity contribution in [1.82, 2.24) is 9.80 Å². The lowest BCUT2D eigenvalue weighted by molar-refractivity contribution is -0.146. The van der Waals surface area contributed by atoms with Gasteiger partial charge < -0.3 is 19.3 Å². The average molecular weight is 415 g/mol. The first-order valence-electron chi connectivity index (χ1n) is 11.5. The van der Waals surface area contributed by atoms with E-state index in [2.05, 4.69) is 4.90 Å². The van der Waals surface area contributed by atoms with E-state index in [4.69, 9.17) is 9.47 Å². The minimum atomic E-state index is -0.275. The smallest absolute Gasteiger partial charge is 0.252 e. The van der Waals surface area contributed by atoms with Gasteiger partial charge in [0.25, 0.3) is 5.91 Å². The van der Waals surface area contributed by atoms with Gasteiger partial charge in [-0.25, -0.2) is 0 Å². The molecule has 1 saturated carbocycles. The van der Waals surface area contributed by atoms with Crippen LogP contribution in [0, 0.1) is 0 Å². The van der Waals surface area contributed by atoms with E-state index >= 15 is 0 Å². The summed E-state index contributed by atoms with van der Waals surface area (Å²) in [5.41, 5.74) is 1.07. The number of methoxy groups -OCH3 is 1. The number of rotatable bonds is 7. The standard InChI is InChI=1S/C24H34N2O4/c1-29-21-9-5-2-6-18(21)10-11-23(27)25-15-12-20(13-16-25)30-22-14-17-26(24(22)28)19-7-3-4-8-19/h2,5-6,9,19-20,22H,3-4,7-8,10-17H2,1H3. The van der Waals surface area contributed by atoms with E-state index in [9.17, 15) is 9.59 Å². The first-order chi connectivity index (χ1) is 14.7. The number of carbonyl (C=O) groups excluding carboxylic acids is 2. The van der Waals surface area contributed by atoms with Crippen molar-refractivity contribution in [2.75, 3.05) is 26.7 Å². The first kappa shape index (κ1) is 21.2. The number of hydrogen-bond donors (Lipinski definition) is 0. The number of ether oxygens (including phenoxy) is 2. The zero-order valence-corrected chi connectivity index (χ0v) is 18.1. The highest BCUT2D eigenvalue weighted by Gasteiger charge is 2.39. The van der Waals surface area contributed by atoms with Crippen molar-refractivity contribution in [3.8, 4) is 5.75 Å². The van der Waals surface area contributed by atoms with Crippen LogP contribution in [0.5, 0.6) is 5.75 Å². The molecule has 0 bridgehead atoms. The lowest BCUT2D eigenvalue weighted by Gasteiger charge is -2.33. The number of aryl methyl sites for hydroxylation is 1. The highest BCUT2D eigenvalue weighted by atomic mass is 16.5. The Morgan fingerprint density at radius 3 is 2.50 bits per heavy atom. The summed E-state index contributed by atoms with van der Waals surface area (Å²) >= 11 is 0. The molecular formula is C24H34N2O4. The topological polar surface area (TPSA) is 59.1 Å². The summed E-state index contributed by atoms with van der Waals surface area (Å²) in [5.74, 6) is 1.21. The normalized spacial score (nSPS) is 23.4. The number of nitrogens with zero attached hydrogens (tertiary/aromatic N) is 2. The first-order valence-corrected chi connectivity index (χ1v) is 11.5. The third kappa shape index (κ3) is 4.80. The number of piperidine rings is 1. The van der Waals surface area contributed by atoms with Crippen LogP contribution in [0.3, 0.4) is 0 Å². The van der Waals surface area contributed by atoms with Crippen LogP contribution in [0.2, 0.25) is 0 Å². The summed E-state index contributed by atoms with van der Waals surface area (Å²) in [6.45, 7) is 2.26. The molecule has 1 aliphatic carbocycles. The molecule has 1 unspecified atom stereocenters. The number of hydrogen-bond acceptors (Lipinski definition) is 4. The number of carbonyl (C=O) groups is 2. The predicted molar refractivity (Wildman–Crippen MR) is 114 cm³/mol. The second-order valence-corrected chi connectivity index (χ2v) is 8.78. The van der Waals surface area contributed by atoms with Crippen LogP contribution < -0.4 is 4.74 Å². The van der Waals surface area contributed by atoms with Crippen molar-refractivity contribution >= 4 is 11.8 Å². The molecule has 0 aromatic heterocycles. The van der Waals surface area contributed by atoms with Gasteiger partial charge >= 0.3 is 0 Å². The molecule has 3 aliphatic rings. The van der Waals surface area contributed by atoms with E-state index in [1.165, 1.54) is 12.8 Å². The molecule has 2 heterocycles. The molecule has 2 amide bonds. The molecule has 1 atom stereocenters. The minimum Gasteiger partial charge on any atom is -0.496 e. The molecule has 3 fully saturated rings. The van der Waals surface area contributed by atoms with Gasteiger partial charge in [0.2, 0.25) is 5.91 Å². The van der Waals surface area contributed by atoms with Crippen LogP contribution in [-0.2, 0) is 20.7 Å². The summed E-state index contributed by atoms with van der Waals surface area (Å²) in [5, 5.41) is 0. The predicted octanol–water partition coefficient (Wildman–Crippen LogP) is 3.18. The minimum absolute atomic E-state index is 0.0840. The van der Waals surface area contributed by atoms with Gasteiger partial charge in [-0.3, -0.25) is 9.59 Å². The van der Waals surface area contributed by atoms with Crippen LogP contribution in [0.25, 0.3) is 0 Å². The van der Waals surface area contributed by atoms with E-state index < -0.39 is 0 Å². The molecule has 6 heteroatoms. The molecule has 1 aromatic carbocycles. The fraction of sp³-hybridized carbons (Fsp3) is 0.667. The van der Waals surface area contributed by atoms with Gasteiger partial charge in [0.1, 0.15) is 11.9 Å². The third-order valence-electron chi connectivity index (χ3n) is 6.91. The Bertz CT molecular complexity index is 738. The highest BCUT2D eigenvalue weighted by Crippen LogP contribution is 2.29. The van der Waals surface area contributed by atoms with Gasteiger partial charge in [-0.05, 0) is 43.7 Å². The largest absolute Gasteiger partial charge is 0.496 e. The van der Waals surface area contributed by atoms with Crippen LogP contribution in [0.1, 0.15) is 56.9 Å². The van der Waals surface area contributed by atoms with E-state index in [0.717, 1.165) is 50.0 Å². The number of amides is 2. The Morgan fingerprint density at radius 2 is 1.77 bits per heavy atom. The van der Waals surface area contributed by atoms with Gasteiger partial charge in [0, 0.05) is 38.5 Å². The molecule has 6 nitrogen and oxygen atoms in total. The van der Waals surface area contributed by atoms with E-state index in [0.29, 0.717) is 32.0 Å². The zero-order valence-electron chi connectivity index (χ0n) is 18.1. The van der Waals surface area contributed by atoms with Crippen molar-refractivity contribution in [2.45, 2.75) is 76.0 Å². The zero-order chi connectivity index (χ0) is 20.9. The van der Waals surface area contributed by atoms with Crippen molar-refractivity contribution in [1.29, 1.82) is 0 Å². The number of benzene rings is 1. The van der Waals surface area contributed by atoms with Crippen LogP contribution in [-0.4, -0.2) is 66.6 Å². The van der Waals surface area contributed by atoms with E-state index in [1.807, 2.05) is 29.2 Å². The van der Waals surface area contributed by atoms with Crippen molar-refractivity contribution in [2.24, 2.45) is 0 Å². The quantitative estimate of drug-likeness (QED) is 0.688. The summed E-state index contributed by atoms with van der Waals surface area (Å²) in [4.78, 5) is 29.4. The van der Waals surface area contributed by atoms with Crippen LogP contribution in [0.4, 0.5) is 0 Å². The molecule has 2 saturated heterocycles. The lowest BCUT2D eigenvalue weighted by atomic mass is 10.0. The summed E-state index contributed by atoms with van der Waals surface area (Å²) < 4.78 is 11.6. The third-order valence-corrected chi connectivity index (χ3v) is 6.91. The van der Waals surface area contributed by atoms with Crippen molar-refractivity contribution in [3.63, 3.8) is 0 Å². The fourth-order valence-corrected chi connectivity index (χ4v) is 5.16. The Morgan fingerprint density at radius 1 is 1.03 bits per heavy atom. The maximum atomic E-state index is 12.7.